The maximum absolute atomic E-state index is 13.7. The lowest BCUT2D eigenvalue weighted by atomic mass is 10.0. The van der Waals surface area contributed by atoms with E-state index in [9.17, 15) is 24.3 Å². The van der Waals surface area contributed by atoms with Crippen LogP contribution in [0.1, 0.15) is 17.0 Å². The first-order valence-electron chi connectivity index (χ1n) is 12.7. The molecule has 4 aromatic rings. The predicted octanol–water partition coefficient (Wildman–Crippen LogP) is -0.562. The monoisotopic (exact) mass is 581 g/mol. The van der Waals surface area contributed by atoms with Gasteiger partial charge in [0.1, 0.15) is 18.1 Å². The van der Waals surface area contributed by atoms with Crippen molar-refractivity contribution in [1.29, 1.82) is 0 Å². The highest BCUT2D eigenvalue weighted by atomic mass is 32.1. The van der Waals surface area contributed by atoms with E-state index in [4.69, 9.17) is 5.73 Å². The number of carboxylic acids is 1. The normalized spacial score (nSPS) is 14.1. The van der Waals surface area contributed by atoms with Crippen LogP contribution in [0.25, 0.3) is 10.9 Å². The highest BCUT2D eigenvalue weighted by Gasteiger charge is 2.31. The van der Waals surface area contributed by atoms with Gasteiger partial charge < -0.3 is 41.7 Å². The number of nitrogens with zero attached hydrogens (tertiary/aromatic N) is 2. The molecule has 0 fully saturated rings. The third-order valence-electron chi connectivity index (χ3n) is 6.47. The van der Waals surface area contributed by atoms with Crippen LogP contribution in [0, 0.1) is 0 Å². The second-order valence-corrected chi connectivity index (χ2v) is 9.80. The molecule has 4 unspecified atom stereocenters. The molecule has 4 rings (SSSR count). The smallest absolute Gasteiger partial charge is 0.327 e. The lowest BCUT2D eigenvalue weighted by Crippen LogP contribution is -2.58. The molecule has 0 bridgehead atoms. The number of carbonyl (C=O) groups is 4. The number of nitrogens with one attached hydrogen (secondary N) is 6. The number of thiol groups is 1. The molecule has 3 heterocycles. The molecule has 0 saturated carbocycles. The first kappa shape index (κ1) is 29.4. The number of hydrogen-bond donors (Lipinski definition) is 9. The van der Waals surface area contributed by atoms with Gasteiger partial charge in [0.15, 0.2) is 0 Å². The number of carbonyl (C=O) groups excluding carboxylic acids is 3. The zero-order valence-electron chi connectivity index (χ0n) is 21.8. The molecule has 9 N–H and O–H groups in total. The van der Waals surface area contributed by atoms with Crippen molar-refractivity contribution in [2.75, 3.05) is 5.75 Å². The number of benzene rings is 1. The van der Waals surface area contributed by atoms with Gasteiger partial charge in [0.25, 0.3) is 0 Å². The fourth-order valence-corrected chi connectivity index (χ4v) is 4.54. The quantitative estimate of drug-likeness (QED) is 0.0875. The van der Waals surface area contributed by atoms with Crippen molar-refractivity contribution in [3.8, 4) is 0 Å². The van der Waals surface area contributed by atoms with Crippen LogP contribution in [0.3, 0.4) is 0 Å². The molecular weight excluding hydrogens is 550 g/mol. The van der Waals surface area contributed by atoms with Crippen molar-refractivity contribution in [2.24, 2.45) is 5.73 Å². The number of amides is 3. The predicted molar refractivity (Wildman–Crippen MR) is 152 cm³/mol. The van der Waals surface area contributed by atoms with Gasteiger partial charge >= 0.3 is 5.97 Å². The number of nitrogens with two attached hydrogens (primary N) is 1. The van der Waals surface area contributed by atoms with Gasteiger partial charge in [-0.3, -0.25) is 14.4 Å². The summed E-state index contributed by atoms with van der Waals surface area (Å²) in [6.45, 7) is 0. The Kier molecular flexibility index (Phi) is 9.76. The van der Waals surface area contributed by atoms with Gasteiger partial charge in [-0.25, -0.2) is 14.8 Å². The zero-order valence-corrected chi connectivity index (χ0v) is 22.7. The minimum atomic E-state index is -1.27. The van der Waals surface area contributed by atoms with Crippen LogP contribution in [-0.4, -0.2) is 83.6 Å². The summed E-state index contributed by atoms with van der Waals surface area (Å²) < 4.78 is 0. The second-order valence-electron chi connectivity index (χ2n) is 9.44. The molecule has 41 heavy (non-hydrogen) atoms. The van der Waals surface area contributed by atoms with Gasteiger partial charge in [-0.1, -0.05) is 18.2 Å². The molecule has 14 nitrogen and oxygen atoms in total. The van der Waals surface area contributed by atoms with Gasteiger partial charge in [0.2, 0.25) is 17.7 Å². The van der Waals surface area contributed by atoms with Gasteiger partial charge in [-0.15, -0.1) is 0 Å². The molecule has 0 aliphatic carbocycles. The first-order valence-corrected chi connectivity index (χ1v) is 13.4. The number of H-pyrrole nitrogens is 3. The molecule has 0 radical (unpaired) electrons. The van der Waals surface area contributed by atoms with Gasteiger partial charge in [-0.2, -0.15) is 12.6 Å². The Morgan fingerprint density at radius 2 is 1.41 bits per heavy atom. The third kappa shape index (κ3) is 7.73. The van der Waals surface area contributed by atoms with E-state index in [1.54, 1.807) is 12.4 Å². The van der Waals surface area contributed by atoms with E-state index in [1.165, 1.54) is 18.9 Å². The van der Waals surface area contributed by atoms with Crippen molar-refractivity contribution >= 4 is 47.2 Å². The number of hydrogen-bond acceptors (Lipinski definition) is 8. The van der Waals surface area contributed by atoms with Crippen LogP contribution in [0.4, 0.5) is 0 Å². The Balaban J connectivity index is 1.56. The largest absolute Gasteiger partial charge is 0.480 e. The van der Waals surface area contributed by atoms with Crippen LogP contribution >= 0.6 is 12.6 Å². The Morgan fingerprint density at radius 3 is 2.02 bits per heavy atom. The summed E-state index contributed by atoms with van der Waals surface area (Å²) in [7, 11) is 0. The van der Waals surface area contributed by atoms with Crippen molar-refractivity contribution in [1.82, 2.24) is 40.9 Å². The summed E-state index contributed by atoms with van der Waals surface area (Å²) >= 11 is 3.99. The van der Waals surface area contributed by atoms with E-state index < -0.39 is 47.9 Å². The number of carboxylic acid groups (broad SMARTS) is 1. The molecular formula is C26H31N9O5S. The molecule has 15 heteroatoms. The topological polar surface area (TPSA) is 224 Å². The lowest BCUT2D eigenvalue weighted by molar-refractivity contribution is -0.141. The molecule has 216 valence electrons. The van der Waals surface area contributed by atoms with Crippen LogP contribution < -0.4 is 21.7 Å². The maximum Gasteiger partial charge on any atom is 0.327 e. The number of para-hydroxylation sites is 1. The average molecular weight is 582 g/mol. The standard InChI is InChI=1S/C26H31N9O5S/c27-18(6-15-9-28-12-31-15)23(36)33-20(5-14-8-30-19-4-2-1-3-17(14)19)24(37)34-21(7-16-10-29-13-32-16)25(38)35-22(11-41)26(39)40/h1-4,8-10,12-13,18,20-22,30,41H,5-7,11,27H2,(H,28,31)(H,29,32)(H,33,36)(H,34,37)(H,35,38)(H,39,40). The van der Waals surface area contributed by atoms with E-state index >= 15 is 0 Å². The fourth-order valence-electron chi connectivity index (χ4n) is 4.29. The Morgan fingerprint density at radius 1 is 0.829 bits per heavy atom. The SMILES string of the molecule is NC(Cc1cnc[nH]1)C(=O)NC(Cc1c[nH]c2ccccc12)C(=O)NC(Cc1cnc[nH]1)C(=O)NC(CS)C(=O)O. The summed E-state index contributed by atoms with van der Waals surface area (Å²) in [5.41, 5.74) is 8.92. The summed E-state index contributed by atoms with van der Waals surface area (Å²) in [6, 6.07) is 2.95. The van der Waals surface area contributed by atoms with E-state index in [1.807, 2.05) is 24.3 Å². The number of rotatable bonds is 14. The molecule has 3 amide bonds. The van der Waals surface area contributed by atoms with Crippen LogP contribution in [0.2, 0.25) is 0 Å². The van der Waals surface area contributed by atoms with E-state index in [0.717, 1.165) is 16.5 Å². The summed E-state index contributed by atoms with van der Waals surface area (Å²) in [5.74, 6) is -3.39. The van der Waals surface area contributed by atoms with Crippen molar-refractivity contribution in [3.05, 3.63) is 72.5 Å². The molecule has 4 atom stereocenters. The molecule has 0 aliphatic rings. The minimum Gasteiger partial charge on any atom is -0.480 e. The zero-order chi connectivity index (χ0) is 29.4. The van der Waals surface area contributed by atoms with Crippen LogP contribution in [0.15, 0.2) is 55.5 Å². The van der Waals surface area contributed by atoms with Gasteiger partial charge in [0.05, 0.1) is 18.7 Å². The highest BCUT2D eigenvalue weighted by molar-refractivity contribution is 7.80. The second kappa shape index (κ2) is 13.6. The van der Waals surface area contributed by atoms with Crippen LogP contribution in [-0.2, 0) is 38.4 Å². The Hall–Kier alpha value is -4.63. The minimum absolute atomic E-state index is 0.0103. The van der Waals surface area contributed by atoms with Crippen molar-refractivity contribution in [2.45, 2.75) is 43.4 Å². The lowest BCUT2D eigenvalue weighted by Gasteiger charge is -2.25. The summed E-state index contributed by atoms with van der Waals surface area (Å²) in [4.78, 5) is 68.1. The van der Waals surface area contributed by atoms with Gasteiger partial charge in [0, 0.05) is 65.9 Å². The molecule has 0 spiro atoms. The fraction of sp³-hybridized carbons (Fsp3) is 0.308. The molecule has 0 saturated heterocycles. The molecule has 1 aromatic carbocycles. The van der Waals surface area contributed by atoms with Gasteiger partial charge in [-0.05, 0) is 11.6 Å². The van der Waals surface area contributed by atoms with E-state index in [-0.39, 0.29) is 25.0 Å². The maximum atomic E-state index is 13.7. The molecule has 0 aliphatic heterocycles. The van der Waals surface area contributed by atoms with Crippen molar-refractivity contribution in [3.63, 3.8) is 0 Å². The Labute approximate surface area is 239 Å². The van der Waals surface area contributed by atoms with E-state index in [2.05, 4.69) is 53.5 Å². The number of fused-ring (bicyclic) bond motifs is 1. The summed E-state index contributed by atoms with van der Waals surface area (Å²) in [5, 5.41) is 18.0. The number of aromatic amines is 3. The first-order chi connectivity index (χ1) is 19.7. The van der Waals surface area contributed by atoms with Crippen molar-refractivity contribution < 1.29 is 24.3 Å². The highest BCUT2D eigenvalue weighted by Crippen LogP contribution is 2.19. The molecule has 3 aromatic heterocycles. The van der Waals surface area contributed by atoms with Crippen LogP contribution in [0.5, 0.6) is 0 Å². The number of aromatic nitrogens is 5. The van der Waals surface area contributed by atoms with E-state index in [0.29, 0.717) is 11.4 Å². The number of aliphatic carboxylic acids is 1. The third-order valence-corrected chi connectivity index (χ3v) is 6.84. The average Bonchev–Trinajstić information content (AvgIpc) is 3.74. The number of imidazole rings is 2. The summed E-state index contributed by atoms with van der Waals surface area (Å²) in [6.07, 6.45) is 7.92. The Bertz CT molecular complexity index is 1470.